The highest BCUT2D eigenvalue weighted by atomic mass is 32.3. The van der Waals surface area contributed by atoms with Gasteiger partial charge in [-0.05, 0) is 44.9 Å². The van der Waals surface area contributed by atoms with E-state index in [-0.39, 0.29) is 6.42 Å². The van der Waals surface area contributed by atoms with E-state index in [4.69, 9.17) is 14.0 Å². The third kappa shape index (κ3) is 25.6. The van der Waals surface area contributed by atoms with Crippen molar-refractivity contribution in [2.45, 2.75) is 210 Å². The smallest absolute Gasteiger partial charge is 0.394 e. The van der Waals surface area contributed by atoms with Crippen LogP contribution < -0.4 is 5.32 Å². The summed E-state index contributed by atoms with van der Waals surface area (Å²) in [5.41, 5.74) is 0. The molecule has 1 saturated heterocycles. The second-order valence-corrected chi connectivity index (χ2v) is 16.1. The average Bonchev–Trinajstić information content (AvgIpc) is 3.16. The van der Waals surface area contributed by atoms with Gasteiger partial charge in [0.05, 0.1) is 25.4 Å². The minimum Gasteiger partial charge on any atom is -0.394 e. The number of nitrogens with one attached hydrogen (secondary N) is 1. The molecule has 0 bridgehead atoms. The van der Waals surface area contributed by atoms with Gasteiger partial charge in [0.15, 0.2) is 6.29 Å². The van der Waals surface area contributed by atoms with Crippen LogP contribution >= 0.6 is 0 Å². The molecule has 1 heterocycles. The molecule has 0 aliphatic carbocycles. The number of rotatable bonds is 35. The number of hydrogen-bond donors (Lipinski definition) is 7. The Labute approximate surface area is 337 Å². The van der Waals surface area contributed by atoms with Gasteiger partial charge in [-0.25, -0.2) is 4.18 Å². The van der Waals surface area contributed by atoms with Crippen molar-refractivity contribution >= 4 is 16.3 Å². The molecule has 0 aromatic carbocycles. The Balaban J connectivity index is 2.68. The first kappa shape index (κ1) is 52.3. The van der Waals surface area contributed by atoms with Crippen molar-refractivity contribution in [2.75, 3.05) is 13.2 Å². The van der Waals surface area contributed by atoms with Gasteiger partial charge in [-0.3, -0.25) is 9.35 Å². The highest BCUT2D eigenvalue weighted by molar-refractivity contribution is 7.80. The highest BCUT2D eigenvalue weighted by Crippen LogP contribution is 2.26. The molecule has 1 amide bonds. The normalized spacial score (nSPS) is 22.3. The molecule has 7 N–H and O–H groups in total. The maximum Gasteiger partial charge on any atom is 0.397 e. The van der Waals surface area contributed by atoms with Gasteiger partial charge in [0, 0.05) is 0 Å². The third-order valence-corrected chi connectivity index (χ3v) is 10.5. The van der Waals surface area contributed by atoms with Crippen LogP contribution in [0.1, 0.15) is 162 Å². The van der Waals surface area contributed by atoms with Crippen LogP contribution in [0.15, 0.2) is 36.5 Å². The van der Waals surface area contributed by atoms with Gasteiger partial charge in [-0.15, -0.1) is 0 Å². The number of unbranched alkanes of at least 4 members (excludes halogenated alkanes) is 18. The molecule has 0 saturated carbocycles. The topological polar surface area (TPSA) is 212 Å². The minimum atomic E-state index is -5.12. The monoisotopic (exact) mass is 820 g/mol. The van der Waals surface area contributed by atoms with Crippen molar-refractivity contribution in [2.24, 2.45) is 0 Å². The molecule has 0 spiro atoms. The summed E-state index contributed by atoms with van der Waals surface area (Å²) in [7, 11) is -5.12. The summed E-state index contributed by atoms with van der Waals surface area (Å²) in [5, 5.41) is 54.9. The maximum atomic E-state index is 13.0. The fraction of sp³-hybridized carbons (Fsp3) is 0.833. The van der Waals surface area contributed by atoms with Crippen molar-refractivity contribution in [1.82, 2.24) is 5.32 Å². The molecule has 56 heavy (non-hydrogen) atoms. The Morgan fingerprint density at radius 3 is 1.71 bits per heavy atom. The lowest BCUT2D eigenvalue weighted by Gasteiger charge is -2.41. The predicted molar refractivity (Wildman–Crippen MR) is 219 cm³/mol. The lowest BCUT2D eigenvalue weighted by molar-refractivity contribution is -0.298. The van der Waals surface area contributed by atoms with Crippen LogP contribution in [-0.4, -0.2) is 107 Å². The van der Waals surface area contributed by atoms with Crippen molar-refractivity contribution in [3.05, 3.63) is 36.5 Å². The zero-order chi connectivity index (χ0) is 41.4. The SMILES string of the molecule is CCCCCCCCC/C=C/CC/C=C/CC/C=C/C(O)C(COC1OC(CO)C(O)C(OS(=O)(=O)O)C1O)NC(=O)C(O)CCCCCCCCCCCC. The number of ether oxygens (including phenoxy) is 2. The molecule has 1 aliphatic rings. The summed E-state index contributed by atoms with van der Waals surface area (Å²) in [6.07, 6.45) is 25.3. The van der Waals surface area contributed by atoms with E-state index in [0.29, 0.717) is 12.8 Å². The van der Waals surface area contributed by atoms with Crippen LogP contribution in [0.5, 0.6) is 0 Å². The zero-order valence-corrected chi connectivity index (χ0v) is 35.1. The molecule has 1 fully saturated rings. The number of hydrogen-bond acceptors (Lipinski definition) is 11. The quantitative estimate of drug-likeness (QED) is 0.0207. The fourth-order valence-electron chi connectivity index (χ4n) is 6.55. The van der Waals surface area contributed by atoms with Gasteiger partial charge in [0.25, 0.3) is 0 Å². The number of carbonyl (C=O) groups is 1. The van der Waals surface area contributed by atoms with E-state index in [1.165, 1.54) is 89.5 Å². The number of aliphatic hydroxyl groups excluding tert-OH is 5. The van der Waals surface area contributed by atoms with E-state index in [0.717, 1.165) is 44.9 Å². The summed E-state index contributed by atoms with van der Waals surface area (Å²) in [4.78, 5) is 13.0. The highest BCUT2D eigenvalue weighted by Gasteiger charge is 2.48. The number of carbonyl (C=O) groups excluding carboxylic acids is 1. The Hall–Kier alpha value is -1.72. The molecule has 1 rings (SSSR count). The van der Waals surface area contributed by atoms with E-state index in [9.17, 15) is 38.7 Å². The van der Waals surface area contributed by atoms with Crippen LogP contribution in [0.3, 0.4) is 0 Å². The molecule has 0 radical (unpaired) electrons. The molecular weight excluding hydrogens is 743 g/mol. The predicted octanol–water partition coefficient (Wildman–Crippen LogP) is 6.52. The molecule has 1 aliphatic heterocycles. The van der Waals surface area contributed by atoms with Gasteiger partial charge in [0.2, 0.25) is 5.91 Å². The van der Waals surface area contributed by atoms with Crippen molar-refractivity contribution in [1.29, 1.82) is 0 Å². The zero-order valence-electron chi connectivity index (χ0n) is 34.3. The standard InChI is InChI=1S/C42H77NO12S/c1-3-5-7-9-11-13-15-16-17-18-19-20-21-23-24-26-28-30-35(45)34(43-41(49)36(46)31-29-27-25-22-14-12-10-8-6-4-2)33-53-42-39(48)40(55-56(50,51)52)38(47)37(32-44)54-42/h17-18,21,23,28,30,34-40,42,44-48H,3-16,19-20,22,24-27,29,31-33H2,1-2H3,(H,43,49)(H,50,51,52)/b18-17+,23-21+,30-28+. The van der Waals surface area contributed by atoms with E-state index >= 15 is 0 Å². The van der Waals surface area contributed by atoms with Gasteiger partial charge >= 0.3 is 10.4 Å². The third-order valence-electron chi connectivity index (χ3n) is 10.0. The molecule has 8 atom stereocenters. The van der Waals surface area contributed by atoms with Gasteiger partial charge in [-0.2, -0.15) is 8.42 Å². The molecule has 0 aromatic heterocycles. The first-order valence-electron chi connectivity index (χ1n) is 21.5. The van der Waals surface area contributed by atoms with Crippen LogP contribution in [0, 0.1) is 0 Å². The van der Waals surface area contributed by atoms with Crippen LogP contribution in [0.2, 0.25) is 0 Å². The van der Waals surface area contributed by atoms with Gasteiger partial charge in [0.1, 0.15) is 30.5 Å². The summed E-state index contributed by atoms with van der Waals surface area (Å²) in [5.74, 6) is -0.720. The lowest BCUT2D eigenvalue weighted by Crippen LogP contribution is -2.61. The molecule has 328 valence electrons. The van der Waals surface area contributed by atoms with Crippen LogP contribution in [0.25, 0.3) is 0 Å². The fourth-order valence-corrected chi connectivity index (χ4v) is 7.06. The summed E-state index contributed by atoms with van der Waals surface area (Å²) in [6, 6.07) is -1.14. The lowest BCUT2D eigenvalue weighted by atomic mass is 9.99. The summed E-state index contributed by atoms with van der Waals surface area (Å²) < 4.78 is 47.3. The average molecular weight is 820 g/mol. The van der Waals surface area contributed by atoms with Crippen molar-refractivity contribution in [3.63, 3.8) is 0 Å². The Morgan fingerprint density at radius 2 is 1.20 bits per heavy atom. The molecule has 13 nitrogen and oxygen atoms in total. The Morgan fingerprint density at radius 1 is 0.714 bits per heavy atom. The Kier molecular flexibility index (Phi) is 31.0. The summed E-state index contributed by atoms with van der Waals surface area (Å²) in [6.45, 7) is 3.14. The second-order valence-electron chi connectivity index (χ2n) is 15.1. The van der Waals surface area contributed by atoms with Crippen molar-refractivity contribution < 1.29 is 57.0 Å². The maximum absolute atomic E-state index is 13.0. The van der Waals surface area contributed by atoms with E-state index in [2.05, 4.69) is 47.7 Å². The van der Waals surface area contributed by atoms with Crippen LogP contribution in [0.4, 0.5) is 0 Å². The number of allylic oxidation sites excluding steroid dienone is 5. The number of aliphatic hydroxyl groups is 5. The molecule has 14 heteroatoms. The van der Waals surface area contributed by atoms with Gasteiger partial charge in [-0.1, -0.05) is 153 Å². The van der Waals surface area contributed by atoms with E-state index in [1.54, 1.807) is 6.08 Å². The van der Waals surface area contributed by atoms with Crippen molar-refractivity contribution in [3.8, 4) is 0 Å². The second kappa shape index (κ2) is 33.1. The minimum absolute atomic E-state index is 0.234. The van der Waals surface area contributed by atoms with Gasteiger partial charge < -0.3 is 40.3 Å². The van der Waals surface area contributed by atoms with E-state index in [1.807, 2.05) is 0 Å². The largest absolute Gasteiger partial charge is 0.397 e. The van der Waals surface area contributed by atoms with Crippen LogP contribution in [-0.2, 0) is 28.9 Å². The number of amides is 1. The molecule has 8 unspecified atom stereocenters. The first-order valence-corrected chi connectivity index (χ1v) is 22.8. The molecular formula is C42H77NO12S. The molecule has 0 aromatic rings. The van der Waals surface area contributed by atoms with E-state index < -0.39 is 78.5 Å². The first-order chi connectivity index (χ1) is 26.9. The summed E-state index contributed by atoms with van der Waals surface area (Å²) >= 11 is 0. The Bertz CT molecular complexity index is 1170.